The van der Waals surface area contributed by atoms with Gasteiger partial charge in [-0.25, -0.2) is 0 Å². The lowest BCUT2D eigenvalue weighted by Gasteiger charge is -2.25. The van der Waals surface area contributed by atoms with Gasteiger partial charge in [-0.3, -0.25) is 0 Å². The quantitative estimate of drug-likeness (QED) is 0.741. The molecule has 0 aliphatic heterocycles. The summed E-state index contributed by atoms with van der Waals surface area (Å²) in [5.41, 5.74) is -0.227. The van der Waals surface area contributed by atoms with Gasteiger partial charge in [-0.2, -0.15) is 13.2 Å². The number of aromatic nitrogens is 3. The molecule has 4 nitrogen and oxygen atoms in total. The monoisotopic (exact) mass is 370 g/mol. The smallest absolute Gasteiger partial charge is 0.378 e. The first kappa shape index (κ1) is 18.1. The van der Waals surface area contributed by atoms with Crippen molar-refractivity contribution in [3.63, 3.8) is 0 Å². The molecule has 0 amide bonds. The Morgan fingerprint density at radius 1 is 1.20 bits per heavy atom. The van der Waals surface area contributed by atoms with Crippen molar-refractivity contribution in [2.45, 2.75) is 56.0 Å². The van der Waals surface area contributed by atoms with E-state index < -0.39 is 11.7 Å². The minimum atomic E-state index is -4.34. The van der Waals surface area contributed by atoms with E-state index in [1.54, 1.807) is 17.8 Å². The lowest BCUT2D eigenvalue weighted by Crippen LogP contribution is -2.18. The molecule has 0 bridgehead atoms. The molecule has 0 unspecified atom stereocenters. The predicted molar refractivity (Wildman–Crippen MR) is 92.7 cm³/mol. The molecule has 2 aromatic rings. The van der Waals surface area contributed by atoms with Crippen LogP contribution in [0.1, 0.15) is 49.5 Å². The van der Waals surface area contributed by atoms with E-state index in [2.05, 4.69) is 20.1 Å². The number of nitrogens with one attached hydrogen (secondary N) is 1. The van der Waals surface area contributed by atoms with Gasteiger partial charge < -0.3 is 9.88 Å². The highest BCUT2D eigenvalue weighted by Gasteiger charge is 2.30. The van der Waals surface area contributed by atoms with Gasteiger partial charge in [-0.1, -0.05) is 37.1 Å². The zero-order chi connectivity index (χ0) is 17.9. The first-order valence-electron chi connectivity index (χ1n) is 8.38. The third-order valence-corrected chi connectivity index (χ3v) is 5.14. The van der Waals surface area contributed by atoms with E-state index in [1.165, 1.54) is 25.3 Å². The van der Waals surface area contributed by atoms with Gasteiger partial charge in [0, 0.05) is 11.7 Å². The van der Waals surface area contributed by atoms with E-state index in [0.29, 0.717) is 18.3 Å². The van der Waals surface area contributed by atoms with Crippen LogP contribution < -0.4 is 5.32 Å². The van der Waals surface area contributed by atoms with Crippen molar-refractivity contribution in [1.82, 2.24) is 14.8 Å². The predicted octanol–water partition coefficient (Wildman–Crippen LogP) is 5.14. The molecule has 1 heterocycles. The molecule has 136 valence electrons. The molecule has 1 aliphatic carbocycles. The van der Waals surface area contributed by atoms with Crippen molar-refractivity contribution in [2.24, 2.45) is 0 Å². The zero-order valence-electron chi connectivity index (χ0n) is 14.0. The van der Waals surface area contributed by atoms with Gasteiger partial charge in [-0.05, 0) is 37.3 Å². The van der Waals surface area contributed by atoms with Crippen LogP contribution in [0.5, 0.6) is 0 Å². The van der Waals surface area contributed by atoms with E-state index in [-0.39, 0.29) is 0 Å². The number of hydrogen-bond donors (Lipinski definition) is 1. The fourth-order valence-electron chi connectivity index (χ4n) is 3.26. The summed E-state index contributed by atoms with van der Waals surface area (Å²) in [6.07, 6.45) is 3.46. The molecule has 1 fully saturated rings. The van der Waals surface area contributed by atoms with Crippen LogP contribution >= 0.6 is 11.8 Å². The molecular formula is C17H21F3N4S. The largest absolute Gasteiger partial charge is 0.416 e. The van der Waals surface area contributed by atoms with Gasteiger partial charge in [0.2, 0.25) is 0 Å². The van der Waals surface area contributed by atoms with Gasteiger partial charge in [0.1, 0.15) is 0 Å². The third-order valence-electron chi connectivity index (χ3n) is 4.50. The topological polar surface area (TPSA) is 42.7 Å². The van der Waals surface area contributed by atoms with Crippen LogP contribution in [0.25, 0.3) is 0 Å². The Kier molecular flexibility index (Phi) is 5.56. The van der Waals surface area contributed by atoms with Crippen molar-refractivity contribution in [3.05, 3.63) is 35.7 Å². The Morgan fingerprint density at radius 2 is 1.96 bits per heavy atom. The SMILES string of the molecule is CSc1nnc(CNc2cccc(C(F)(F)F)c2)n1C1CCCCC1. The van der Waals surface area contributed by atoms with Crippen LogP contribution in [0.2, 0.25) is 0 Å². The average Bonchev–Trinajstić information content (AvgIpc) is 3.03. The van der Waals surface area contributed by atoms with Crippen molar-refractivity contribution < 1.29 is 13.2 Å². The van der Waals surface area contributed by atoms with E-state index in [9.17, 15) is 13.2 Å². The fourth-order valence-corrected chi connectivity index (χ4v) is 3.83. The first-order valence-corrected chi connectivity index (χ1v) is 9.60. The Bertz CT molecular complexity index is 708. The number of nitrogens with zero attached hydrogens (tertiary/aromatic N) is 3. The molecule has 0 saturated heterocycles. The fraction of sp³-hybridized carbons (Fsp3) is 0.529. The summed E-state index contributed by atoms with van der Waals surface area (Å²) >= 11 is 1.55. The second-order valence-corrected chi connectivity index (χ2v) is 6.97. The maximum atomic E-state index is 12.8. The van der Waals surface area contributed by atoms with Gasteiger partial charge in [0.05, 0.1) is 12.1 Å². The normalized spacial score (nSPS) is 16.2. The van der Waals surface area contributed by atoms with Crippen molar-refractivity contribution in [3.8, 4) is 0 Å². The molecule has 25 heavy (non-hydrogen) atoms. The summed E-state index contributed by atoms with van der Waals surface area (Å²) in [6, 6.07) is 5.61. The standard InChI is InChI=1S/C17H21F3N4S/c1-25-16-23-22-15(24(16)14-8-3-2-4-9-14)11-21-13-7-5-6-12(10-13)17(18,19)20/h5-7,10,14,21H,2-4,8-9,11H2,1H3. The van der Waals surface area contributed by atoms with Crippen LogP contribution in [0.15, 0.2) is 29.4 Å². The molecule has 1 aliphatic rings. The molecule has 1 aromatic carbocycles. The van der Waals surface area contributed by atoms with Crippen LogP contribution in [0.3, 0.4) is 0 Å². The second-order valence-electron chi connectivity index (χ2n) is 6.20. The number of anilines is 1. The van der Waals surface area contributed by atoms with Crippen LogP contribution in [0.4, 0.5) is 18.9 Å². The number of thioether (sulfide) groups is 1. The lowest BCUT2D eigenvalue weighted by molar-refractivity contribution is -0.137. The van der Waals surface area contributed by atoms with Gasteiger partial charge in [0.15, 0.2) is 11.0 Å². The maximum absolute atomic E-state index is 12.8. The minimum absolute atomic E-state index is 0.353. The van der Waals surface area contributed by atoms with E-state index in [1.807, 2.05) is 6.26 Å². The second kappa shape index (κ2) is 7.68. The number of halogens is 3. The molecule has 0 atom stereocenters. The summed E-state index contributed by atoms with van der Waals surface area (Å²) in [7, 11) is 0. The van der Waals surface area contributed by atoms with Crippen molar-refractivity contribution >= 4 is 17.4 Å². The Labute approximate surface area is 149 Å². The van der Waals surface area contributed by atoms with Crippen LogP contribution in [0, 0.1) is 0 Å². The van der Waals surface area contributed by atoms with Crippen LogP contribution in [-0.4, -0.2) is 21.0 Å². The molecule has 3 rings (SSSR count). The third kappa shape index (κ3) is 4.29. The summed E-state index contributed by atoms with van der Waals surface area (Å²) < 4.78 is 40.6. The molecule has 1 N–H and O–H groups in total. The number of hydrogen-bond acceptors (Lipinski definition) is 4. The number of alkyl halides is 3. The van der Waals surface area contributed by atoms with E-state index in [0.717, 1.165) is 36.0 Å². The average molecular weight is 370 g/mol. The molecule has 8 heteroatoms. The van der Waals surface area contributed by atoms with Gasteiger partial charge in [-0.15, -0.1) is 10.2 Å². The van der Waals surface area contributed by atoms with Gasteiger partial charge in [0.25, 0.3) is 0 Å². The Balaban J connectivity index is 1.76. The van der Waals surface area contributed by atoms with Gasteiger partial charge >= 0.3 is 6.18 Å². The van der Waals surface area contributed by atoms with E-state index >= 15 is 0 Å². The highest BCUT2D eigenvalue weighted by molar-refractivity contribution is 7.98. The highest BCUT2D eigenvalue weighted by atomic mass is 32.2. The summed E-state index contributed by atoms with van der Waals surface area (Å²) in [5.74, 6) is 0.772. The van der Waals surface area contributed by atoms with Crippen molar-refractivity contribution in [2.75, 3.05) is 11.6 Å². The Hall–Kier alpha value is -1.70. The summed E-state index contributed by atoms with van der Waals surface area (Å²) in [5, 5.41) is 12.4. The van der Waals surface area contributed by atoms with Crippen LogP contribution in [-0.2, 0) is 12.7 Å². The molecule has 0 spiro atoms. The molecular weight excluding hydrogens is 349 g/mol. The number of rotatable bonds is 5. The molecule has 1 aromatic heterocycles. The lowest BCUT2D eigenvalue weighted by atomic mass is 9.95. The highest BCUT2D eigenvalue weighted by Crippen LogP contribution is 2.33. The van der Waals surface area contributed by atoms with Crippen molar-refractivity contribution in [1.29, 1.82) is 0 Å². The number of benzene rings is 1. The van der Waals surface area contributed by atoms with E-state index in [4.69, 9.17) is 0 Å². The summed E-state index contributed by atoms with van der Waals surface area (Å²) in [6.45, 7) is 0.353. The molecule has 0 radical (unpaired) electrons. The maximum Gasteiger partial charge on any atom is 0.416 e. The summed E-state index contributed by atoms with van der Waals surface area (Å²) in [4.78, 5) is 0. The Morgan fingerprint density at radius 3 is 2.64 bits per heavy atom. The zero-order valence-corrected chi connectivity index (χ0v) is 14.8. The molecule has 1 saturated carbocycles. The minimum Gasteiger partial charge on any atom is -0.378 e. The first-order chi connectivity index (χ1) is 12.0.